The third kappa shape index (κ3) is 5.15. The van der Waals surface area contributed by atoms with E-state index in [1.807, 2.05) is 18.5 Å². The summed E-state index contributed by atoms with van der Waals surface area (Å²) in [6.45, 7) is 9.99. The van der Waals surface area contributed by atoms with Crippen molar-refractivity contribution in [3.63, 3.8) is 0 Å². The molecule has 2 atom stereocenters. The van der Waals surface area contributed by atoms with E-state index in [4.69, 9.17) is 0 Å². The summed E-state index contributed by atoms with van der Waals surface area (Å²) in [6, 6.07) is 4.70. The Morgan fingerprint density at radius 3 is 2.78 bits per heavy atom. The Bertz CT molecular complexity index is 313. The molecule has 3 nitrogen and oxygen atoms in total. The summed E-state index contributed by atoms with van der Waals surface area (Å²) < 4.78 is 0. The highest BCUT2D eigenvalue weighted by Gasteiger charge is 2.16. The van der Waals surface area contributed by atoms with Crippen molar-refractivity contribution < 1.29 is 0 Å². The predicted molar refractivity (Wildman–Crippen MR) is 77.5 cm³/mol. The van der Waals surface area contributed by atoms with Crippen LogP contribution in [0.3, 0.4) is 0 Å². The Hall–Kier alpha value is -0.930. The first-order valence-corrected chi connectivity index (χ1v) is 6.95. The van der Waals surface area contributed by atoms with Gasteiger partial charge in [0.15, 0.2) is 0 Å². The Balaban J connectivity index is 2.38. The Morgan fingerprint density at radius 2 is 2.17 bits per heavy atom. The molecule has 0 saturated heterocycles. The van der Waals surface area contributed by atoms with E-state index in [1.165, 1.54) is 12.0 Å². The topological polar surface area (TPSA) is 28.2 Å². The van der Waals surface area contributed by atoms with Gasteiger partial charge in [-0.1, -0.05) is 19.9 Å². The van der Waals surface area contributed by atoms with Gasteiger partial charge in [0.05, 0.1) is 0 Å². The fourth-order valence-corrected chi connectivity index (χ4v) is 2.04. The van der Waals surface area contributed by atoms with Crippen molar-refractivity contribution in [2.45, 2.75) is 39.8 Å². The lowest BCUT2D eigenvalue weighted by Crippen LogP contribution is -2.38. The third-order valence-corrected chi connectivity index (χ3v) is 3.57. The standard InChI is InChI=1S/C15H27N3/c1-5-8-16-10-13(2)14(3)18(4)12-15-7-6-9-17-11-15/h6-7,9,11,13-14,16H,5,8,10,12H2,1-4H3. The molecule has 0 radical (unpaired) electrons. The summed E-state index contributed by atoms with van der Waals surface area (Å²) in [5.74, 6) is 0.651. The molecule has 1 aromatic heterocycles. The summed E-state index contributed by atoms with van der Waals surface area (Å²) in [5.41, 5.74) is 1.28. The van der Waals surface area contributed by atoms with E-state index in [-0.39, 0.29) is 0 Å². The molecule has 1 N–H and O–H groups in total. The second kappa shape index (κ2) is 8.22. The van der Waals surface area contributed by atoms with Gasteiger partial charge < -0.3 is 5.32 Å². The van der Waals surface area contributed by atoms with Gasteiger partial charge in [-0.3, -0.25) is 9.88 Å². The SMILES string of the molecule is CCCNCC(C)C(C)N(C)Cc1cccnc1. The smallest absolute Gasteiger partial charge is 0.0312 e. The number of hydrogen-bond donors (Lipinski definition) is 1. The molecule has 0 aliphatic carbocycles. The maximum Gasteiger partial charge on any atom is 0.0312 e. The van der Waals surface area contributed by atoms with Gasteiger partial charge >= 0.3 is 0 Å². The average molecular weight is 249 g/mol. The molecule has 0 spiro atoms. The van der Waals surface area contributed by atoms with Crippen LogP contribution in [0, 0.1) is 5.92 Å². The lowest BCUT2D eigenvalue weighted by Gasteiger charge is -2.30. The van der Waals surface area contributed by atoms with Crippen LogP contribution in [-0.2, 0) is 6.54 Å². The molecule has 1 heterocycles. The van der Waals surface area contributed by atoms with Gasteiger partial charge in [0.1, 0.15) is 0 Å². The first-order chi connectivity index (χ1) is 8.65. The molecule has 0 saturated carbocycles. The minimum atomic E-state index is 0.564. The van der Waals surface area contributed by atoms with Gasteiger partial charge in [0, 0.05) is 25.0 Å². The van der Waals surface area contributed by atoms with E-state index in [2.05, 4.69) is 49.1 Å². The largest absolute Gasteiger partial charge is 0.316 e. The summed E-state index contributed by atoms with van der Waals surface area (Å²) in [7, 11) is 2.19. The number of pyridine rings is 1. The third-order valence-electron chi connectivity index (χ3n) is 3.57. The van der Waals surface area contributed by atoms with Gasteiger partial charge in [-0.05, 0) is 51.0 Å². The molecule has 0 aliphatic rings. The van der Waals surface area contributed by atoms with E-state index in [0.29, 0.717) is 12.0 Å². The molecule has 0 bridgehead atoms. The molecule has 0 fully saturated rings. The molecule has 2 unspecified atom stereocenters. The average Bonchev–Trinajstić information content (AvgIpc) is 2.39. The molecule has 1 aromatic rings. The maximum atomic E-state index is 4.16. The summed E-state index contributed by atoms with van der Waals surface area (Å²) in [5, 5.41) is 3.50. The number of rotatable bonds is 8. The van der Waals surface area contributed by atoms with Crippen molar-refractivity contribution in [3.8, 4) is 0 Å². The van der Waals surface area contributed by atoms with E-state index >= 15 is 0 Å². The quantitative estimate of drug-likeness (QED) is 0.718. The molecule has 1 rings (SSSR count). The second-order valence-electron chi connectivity index (χ2n) is 5.20. The molecule has 18 heavy (non-hydrogen) atoms. The van der Waals surface area contributed by atoms with Crippen molar-refractivity contribution in [3.05, 3.63) is 30.1 Å². The van der Waals surface area contributed by atoms with E-state index in [1.54, 1.807) is 0 Å². The van der Waals surface area contributed by atoms with Crippen LogP contribution >= 0.6 is 0 Å². The minimum Gasteiger partial charge on any atom is -0.316 e. The number of nitrogens with one attached hydrogen (secondary N) is 1. The first-order valence-electron chi connectivity index (χ1n) is 6.95. The van der Waals surface area contributed by atoms with Crippen molar-refractivity contribution in [1.29, 1.82) is 0 Å². The molecule has 0 amide bonds. The zero-order chi connectivity index (χ0) is 13.4. The normalized spacial score (nSPS) is 14.7. The molecular formula is C15H27N3. The van der Waals surface area contributed by atoms with Gasteiger partial charge in [-0.2, -0.15) is 0 Å². The van der Waals surface area contributed by atoms with Crippen LogP contribution in [0.1, 0.15) is 32.8 Å². The lowest BCUT2D eigenvalue weighted by atomic mass is 10.0. The molecule has 0 aliphatic heterocycles. The fourth-order valence-electron chi connectivity index (χ4n) is 2.04. The molecular weight excluding hydrogens is 222 g/mol. The van der Waals surface area contributed by atoms with Crippen molar-refractivity contribution >= 4 is 0 Å². The molecule has 3 heteroatoms. The Morgan fingerprint density at radius 1 is 1.39 bits per heavy atom. The van der Waals surface area contributed by atoms with Gasteiger partial charge in [-0.25, -0.2) is 0 Å². The van der Waals surface area contributed by atoms with Crippen LogP contribution in [0.25, 0.3) is 0 Å². The number of aromatic nitrogens is 1. The Kier molecular flexibility index (Phi) is 6.91. The van der Waals surface area contributed by atoms with Gasteiger partial charge in [0.2, 0.25) is 0 Å². The van der Waals surface area contributed by atoms with Crippen LogP contribution in [0.4, 0.5) is 0 Å². The van der Waals surface area contributed by atoms with Crippen molar-refractivity contribution in [2.75, 3.05) is 20.1 Å². The number of hydrogen-bond acceptors (Lipinski definition) is 3. The summed E-state index contributed by atoms with van der Waals surface area (Å²) in [6.07, 6.45) is 4.97. The second-order valence-corrected chi connectivity index (χ2v) is 5.20. The summed E-state index contributed by atoms with van der Waals surface area (Å²) in [4.78, 5) is 6.56. The molecule has 102 valence electrons. The highest BCUT2D eigenvalue weighted by atomic mass is 15.1. The lowest BCUT2D eigenvalue weighted by molar-refractivity contribution is 0.188. The monoisotopic (exact) mass is 249 g/mol. The van der Waals surface area contributed by atoms with E-state index in [9.17, 15) is 0 Å². The van der Waals surface area contributed by atoms with Crippen LogP contribution in [0.2, 0.25) is 0 Å². The highest BCUT2D eigenvalue weighted by Crippen LogP contribution is 2.11. The zero-order valence-corrected chi connectivity index (χ0v) is 12.2. The minimum absolute atomic E-state index is 0.564. The maximum absolute atomic E-state index is 4.16. The zero-order valence-electron chi connectivity index (χ0n) is 12.2. The van der Waals surface area contributed by atoms with Crippen LogP contribution < -0.4 is 5.32 Å². The number of nitrogens with zero attached hydrogens (tertiary/aromatic N) is 2. The molecule has 0 aromatic carbocycles. The predicted octanol–water partition coefficient (Wildman–Crippen LogP) is 2.54. The Labute approximate surface area is 112 Å². The van der Waals surface area contributed by atoms with E-state index < -0.39 is 0 Å². The van der Waals surface area contributed by atoms with E-state index in [0.717, 1.165) is 19.6 Å². The van der Waals surface area contributed by atoms with Crippen LogP contribution in [0.5, 0.6) is 0 Å². The van der Waals surface area contributed by atoms with Crippen molar-refractivity contribution in [2.24, 2.45) is 5.92 Å². The fraction of sp³-hybridized carbons (Fsp3) is 0.667. The van der Waals surface area contributed by atoms with Crippen LogP contribution in [-0.4, -0.2) is 36.1 Å². The van der Waals surface area contributed by atoms with Crippen molar-refractivity contribution in [1.82, 2.24) is 15.2 Å². The van der Waals surface area contributed by atoms with Gasteiger partial charge in [-0.15, -0.1) is 0 Å². The van der Waals surface area contributed by atoms with Gasteiger partial charge in [0.25, 0.3) is 0 Å². The highest BCUT2D eigenvalue weighted by molar-refractivity contribution is 5.08. The summed E-state index contributed by atoms with van der Waals surface area (Å²) >= 11 is 0. The first kappa shape index (κ1) is 15.1. The van der Waals surface area contributed by atoms with Crippen LogP contribution in [0.15, 0.2) is 24.5 Å².